The Morgan fingerprint density at radius 2 is 2.16 bits per heavy atom. The average Bonchev–Trinajstić information content (AvgIpc) is 2.55. The largest absolute Gasteiger partial charge is 0.334 e. The molecule has 1 aliphatic heterocycles. The molecule has 1 aromatic carbocycles. The van der Waals surface area contributed by atoms with Gasteiger partial charge in [-0.25, -0.2) is 0 Å². The zero-order chi connectivity index (χ0) is 13.1. The lowest BCUT2D eigenvalue weighted by molar-refractivity contribution is 0.855. The summed E-state index contributed by atoms with van der Waals surface area (Å²) in [5.74, 6) is 0. The van der Waals surface area contributed by atoms with Gasteiger partial charge in [0, 0.05) is 17.5 Å². The van der Waals surface area contributed by atoms with E-state index in [-0.39, 0.29) is 0 Å². The van der Waals surface area contributed by atoms with Crippen LogP contribution in [0.1, 0.15) is 13.3 Å². The van der Waals surface area contributed by atoms with Crippen LogP contribution in [0.2, 0.25) is 0 Å². The monoisotopic (exact) mass is 265 g/mol. The van der Waals surface area contributed by atoms with Crippen molar-refractivity contribution in [2.45, 2.75) is 18.2 Å². The van der Waals surface area contributed by atoms with Crippen LogP contribution in [0.3, 0.4) is 0 Å². The third-order valence-electron chi connectivity index (χ3n) is 3.03. The van der Waals surface area contributed by atoms with Gasteiger partial charge in [0.15, 0.2) is 0 Å². The number of para-hydroxylation sites is 1. The molecule has 2 heteroatoms. The number of hydrogen-bond acceptors (Lipinski definition) is 2. The van der Waals surface area contributed by atoms with Crippen molar-refractivity contribution in [1.29, 1.82) is 0 Å². The van der Waals surface area contributed by atoms with Crippen LogP contribution in [-0.2, 0) is 0 Å². The van der Waals surface area contributed by atoms with Crippen LogP contribution in [0, 0.1) is 0 Å². The number of hydrogen-bond donors (Lipinski definition) is 0. The van der Waals surface area contributed by atoms with E-state index in [1.165, 1.54) is 10.6 Å². The van der Waals surface area contributed by atoms with E-state index in [0.29, 0.717) is 0 Å². The average molecular weight is 265 g/mol. The summed E-state index contributed by atoms with van der Waals surface area (Å²) in [6.07, 6.45) is 9.19. The van der Waals surface area contributed by atoms with Crippen molar-refractivity contribution in [3.8, 4) is 0 Å². The predicted octanol–water partition coefficient (Wildman–Crippen LogP) is 4.66. The first kappa shape index (κ1) is 12.2. The van der Waals surface area contributed by atoms with Crippen LogP contribution < -0.4 is 4.90 Å². The standard InChI is InChI=1S/C17H15NS/c1-2-12-18-14-8-4-3-5-9-15(13-14)19-17-11-7-6-10-16(17)18/h3-4,6-11H,2,12H2,1H3/b8-4-. The molecule has 0 spiro atoms. The zero-order valence-corrected chi connectivity index (χ0v) is 11.7. The highest BCUT2D eigenvalue weighted by Crippen LogP contribution is 2.39. The molecule has 3 rings (SSSR count). The number of anilines is 1. The van der Waals surface area contributed by atoms with E-state index < -0.39 is 0 Å². The topological polar surface area (TPSA) is 3.24 Å². The summed E-state index contributed by atoms with van der Waals surface area (Å²) in [6.45, 7) is 3.21. The van der Waals surface area contributed by atoms with Crippen LogP contribution in [0.5, 0.6) is 0 Å². The molecular formula is C17H15NS. The molecule has 0 unspecified atom stereocenters. The lowest BCUT2D eigenvalue weighted by Crippen LogP contribution is -2.22. The Balaban J connectivity index is 2.19. The summed E-state index contributed by atoms with van der Waals surface area (Å²) >= 11 is 1.76. The van der Waals surface area contributed by atoms with Gasteiger partial charge in [-0.2, -0.15) is 0 Å². The van der Waals surface area contributed by atoms with Gasteiger partial charge >= 0.3 is 0 Å². The van der Waals surface area contributed by atoms with E-state index >= 15 is 0 Å². The molecule has 0 radical (unpaired) electrons. The van der Waals surface area contributed by atoms with Crippen LogP contribution in [0.15, 0.2) is 75.5 Å². The third kappa shape index (κ3) is 2.47. The minimum Gasteiger partial charge on any atom is -0.334 e. The smallest absolute Gasteiger partial charge is 0.0856 e. The van der Waals surface area contributed by atoms with Crippen molar-refractivity contribution in [3.05, 3.63) is 70.6 Å². The maximum absolute atomic E-state index is 3.50. The Morgan fingerprint density at radius 3 is 3.05 bits per heavy atom. The quantitative estimate of drug-likeness (QED) is 0.716. The van der Waals surface area contributed by atoms with Gasteiger partial charge in [-0.05, 0) is 30.7 Å². The van der Waals surface area contributed by atoms with Gasteiger partial charge < -0.3 is 4.90 Å². The number of thioether (sulfide) groups is 1. The summed E-state index contributed by atoms with van der Waals surface area (Å²) in [5, 5.41) is 0. The van der Waals surface area contributed by atoms with Crippen LogP contribution >= 0.6 is 11.8 Å². The van der Waals surface area contributed by atoms with Crippen LogP contribution in [-0.4, -0.2) is 6.54 Å². The molecule has 1 aliphatic carbocycles. The van der Waals surface area contributed by atoms with Crippen molar-refractivity contribution in [1.82, 2.24) is 0 Å². The molecule has 1 nitrogen and oxygen atoms in total. The number of benzene rings is 1. The first-order chi connectivity index (χ1) is 9.38. The van der Waals surface area contributed by atoms with Gasteiger partial charge in [0.2, 0.25) is 0 Å². The van der Waals surface area contributed by atoms with E-state index in [1.807, 2.05) is 18.2 Å². The fourth-order valence-corrected chi connectivity index (χ4v) is 3.16. The van der Waals surface area contributed by atoms with Crippen LogP contribution in [0.25, 0.3) is 0 Å². The van der Waals surface area contributed by atoms with Crippen molar-refractivity contribution >= 4 is 17.4 Å². The molecule has 19 heavy (non-hydrogen) atoms. The molecule has 1 heterocycles. The maximum atomic E-state index is 3.50. The summed E-state index contributed by atoms with van der Waals surface area (Å²) in [4.78, 5) is 4.74. The van der Waals surface area contributed by atoms with Crippen LogP contribution in [0.4, 0.5) is 5.69 Å². The fourth-order valence-electron chi connectivity index (χ4n) is 2.21. The fraction of sp³-hybridized carbons (Fsp3) is 0.176. The number of nitrogens with zero attached hydrogens (tertiary/aromatic N) is 1. The SMILES string of the molecule is CCCN1C2=C=C(C=C=C/C=C\2)Sc2ccccc21. The molecule has 94 valence electrons. The summed E-state index contributed by atoms with van der Waals surface area (Å²) in [7, 11) is 0. The molecule has 0 saturated carbocycles. The Morgan fingerprint density at radius 1 is 1.26 bits per heavy atom. The predicted molar refractivity (Wildman–Crippen MR) is 82.3 cm³/mol. The highest BCUT2D eigenvalue weighted by molar-refractivity contribution is 8.03. The molecule has 0 fully saturated rings. The lowest BCUT2D eigenvalue weighted by atomic mass is 10.2. The number of allylic oxidation sites excluding steroid dienone is 2. The normalized spacial score (nSPS) is 17.8. The lowest BCUT2D eigenvalue weighted by Gasteiger charge is -2.24. The molecule has 0 amide bonds. The molecule has 2 aliphatic rings. The zero-order valence-electron chi connectivity index (χ0n) is 10.9. The van der Waals surface area contributed by atoms with E-state index in [1.54, 1.807) is 11.8 Å². The Hall–Kier alpha value is -1.85. The van der Waals surface area contributed by atoms with Gasteiger partial charge in [-0.1, -0.05) is 42.6 Å². The Bertz CT molecular complexity index is 654. The van der Waals surface area contributed by atoms with Crippen molar-refractivity contribution < 1.29 is 0 Å². The molecule has 0 atom stereocenters. The second-order valence-corrected chi connectivity index (χ2v) is 5.52. The Kier molecular flexibility index (Phi) is 3.48. The molecule has 1 aromatic rings. The van der Waals surface area contributed by atoms with Crippen molar-refractivity contribution in [2.24, 2.45) is 0 Å². The van der Waals surface area contributed by atoms with Gasteiger partial charge in [0.25, 0.3) is 0 Å². The van der Waals surface area contributed by atoms with Crippen molar-refractivity contribution in [2.75, 3.05) is 11.4 Å². The van der Waals surface area contributed by atoms with Gasteiger partial charge in [-0.3, -0.25) is 0 Å². The molecule has 0 aromatic heterocycles. The second-order valence-electron chi connectivity index (χ2n) is 4.43. The van der Waals surface area contributed by atoms with E-state index in [4.69, 9.17) is 0 Å². The van der Waals surface area contributed by atoms with E-state index in [9.17, 15) is 0 Å². The first-order valence-corrected chi connectivity index (χ1v) is 7.34. The minimum atomic E-state index is 1.00. The highest BCUT2D eigenvalue weighted by Gasteiger charge is 2.17. The van der Waals surface area contributed by atoms with E-state index in [0.717, 1.165) is 23.6 Å². The summed E-state index contributed by atoms with van der Waals surface area (Å²) in [5.41, 5.74) is 9.05. The highest BCUT2D eigenvalue weighted by atomic mass is 32.2. The summed E-state index contributed by atoms with van der Waals surface area (Å²) < 4.78 is 0. The molecule has 0 saturated heterocycles. The molecule has 2 bridgehead atoms. The van der Waals surface area contributed by atoms with E-state index in [2.05, 4.69) is 53.6 Å². The number of fused-ring (bicyclic) bond motifs is 1. The molecular weight excluding hydrogens is 250 g/mol. The van der Waals surface area contributed by atoms with Crippen molar-refractivity contribution in [3.63, 3.8) is 0 Å². The number of rotatable bonds is 2. The first-order valence-electron chi connectivity index (χ1n) is 6.53. The maximum Gasteiger partial charge on any atom is 0.0856 e. The van der Waals surface area contributed by atoms with Gasteiger partial charge in [-0.15, -0.1) is 5.73 Å². The molecule has 0 N–H and O–H groups in total. The van der Waals surface area contributed by atoms with Gasteiger partial charge in [0.05, 0.1) is 16.3 Å². The minimum absolute atomic E-state index is 1.00. The second kappa shape index (κ2) is 5.42. The summed E-state index contributed by atoms with van der Waals surface area (Å²) in [6, 6.07) is 8.55. The van der Waals surface area contributed by atoms with Gasteiger partial charge in [0.1, 0.15) is 0 Å². The third-order valence-corrected chi connectivity index (χ3v) is 4.03. The Labute approximate surface area is 118 Å².